The maximum atomic E-state index is 12.2. The summed E-state index contributed by atoms with van der Waals surface area (Å²) < 4.78 is 11.8. The van der Waals surface area contributed by atoms with Gasteiger partial charge < -0.3 is 14.8 Å². The molecule has 5 fully saturated rings. The number of hydrogen-bond acceptors (Lipinski definition) is 5. The summed E-state index contributed by atoms with van der Waals surface area (Å²) in [5.41, 5.74) is 3.35. The quantitative estimate of drug-likeness (QED) is 0.229. The lowest BCUT2D eigenvalue weighted by molar-refractivity contribution is -0.257. The first-order chi connectivity index (χ1) is 21.7. The number of rotatable bonds is 8. The summed E-state index contributed by atoms with van der Waals surface area (Å²) in [5, 5.41) is 3.96. The largest absolute Gasteiger partial charge is 0.465 e. The molecule has 5 heteroatoms. The topological polar surface area (TPSA) is 64.6 Å². The van der Waals surface area contributed by atoms with E-state index in [1.807, 2.05) is 0 Å². The van der Waals surface area contributed by atoms with E-state index >= 15 is 0 Å². The van der Waals surface area contributed by atoms with E-state index in [0.717, 1.165) is 32.4 Å². The Morgan fingerprint density at radius 1 is 0.826 bits per heavy atom. The Kier molecular flexibility index (Phi) is 8.86. The van der Waals surface area contributed by atoms with Gasteiger partial charge in [-0.25, -0.2) is 0 Å². The third-order valence-electron chi connectivity index (χ3n) is 15.5. The molecule has 0 saturated heterocycles. The van der Waals surface area contributed by atoms with E-state index in [9.17, 15) is 9.59 Å². The normalized spacial score (nSPS) is 44.6. The van der Waals surface area contributed by atoms with Crippen LogP contribution in [0.25, 0.3) is 0 Å². The SMILES string of the molecule is C=C(C)C1CC[C@]2(CNCc3ccccc3)CC[C@]3(C)C(CCC4[C@@]5(C)CC[C@H](OC(C)=O)[C@@](C)(COC(C)=O)C5CC[C@]43C)C12. The molecule has 5 nitrogen and oxygen atoms in total. The van der Waals surface area contributed by atoms with Gasteiger partial charge in [0.15, 0.2) is 0 Å². The fraction of sp³-hybridized carbons (Fsp3) is 0.756. The van der Waals surface area contributed by atoms with Crippen LogP contribution in [0.1, 0.15) is 118 Å². The number of hydrogen-bond donors (Lipinski definition) is 1. The molecule has 11 atom stereocenters. The van der Waals surface area contributed by atoms with Crippen molar-refractivity contribution in [1.29, 1.82) is 0 Å². The molecule has 254 valence electrons. The third kappa shape index (κ3) is 5.21. The van der Waals surface area contributed by atoms with Gasteiger partial charge >= 0.3 is 11.9 Å². The fourth-order valence-corrected chi connectivity index (χ4v) is 13.3. The van der Waals surface area contributed by atoms with Crippen LogP contribution >= 0.6 is 0 Å². The molecule has 6 rings (SSSR count). The first-order valence-corrected chi connectivity index (χ1v) is 18.4. The van der Waals surface area contributed by atoms with Crippen molar-refractivity contribution in [1.82, 2.24) is 5.32 Å². The smallest absolute Gasteiger partial charge is 0.302 e. The maximum absolute atomic E-state index is 12.2. The minimum atomic E-state index is -0.383. The number of fused-ring (bicyclic) bond motifs is 7. The summed E-state index contributed by atoms with van der Waals surface area (Å²) in [7, 11) is 0. The lowest BCUT2D eigenvalue weighted by Crippen LogP contribution is -2.68. The van der Waals surface area contributed by atoms with E-state index in [1.165, 1.54) is 69.9 Å². The molecule has 0 spiro atoms. The molecule has 5 saturated carbocycles. The number of carbonyl (C=O) groups excluding carboxylic acids is 2. The van der Waals surface area contributed by atoms with Crippen LogP contribution in [0.5, 0.6) is 0 Å². The van der Waals surface area contributed by atoms with Gasteiger partial charge in [0.05, 0.1) is 0 Å². The Hall–Kier alpha value is -2.14. The first-order valence-electron chi connectivity index (χ1n) is 18.4. The Labute approximate surface area is 279 Å². The monoisotopic (exact) mass is 631 g/mol. The molecule has 5 unspecified atom stereocenters. The zero-order valence-electron chi connectivity index (χ0n) is 29.9. The number of nitrogens with one attached hydrogen (secondary N) is 1. The molecule has 0 radical (unpaired) electrons. The van der Waals surface area contributed by atoms with Gasteiger partial charge in [-0.2, -0.15) is 0 Å². The highest BCUT2D eigenvalue weighted by Crippen LogP contribution is 2.77. The van der Waals surface area contributed by atoms with Crippen molar-refractivity contribution in [2.24, 2.45) is 56.7 Å². The molecule has 5 aliphatic carbocycles. The number of esters is 2. The van der Waals surface area contributed by atoms with Gasteiger partial charge in [0.1, 0.15) is 12.7 Å². The van der Waals surface area contributed by atoms with Crippen molar-refractivity contribution >= 4 is 11.9 Å². The van der Waals surface area contributed by atoms with Gasteiger partial charge in [0.2, 0.25) is 0 Å². The van der Waals surface area contributed by atoms with Crippen molar-refractivity contribution in [2.75, 3.05) is 13.2 Å². The average molecular weight is 632 g/mol. The third-order valence-corrected chi connectivity index (χ3v) is 15.5. The van der Waals surface area contributed by atoms with Crippen molar-refractivity contribution in [3.63, 3.8) is 0 Å². The van der Waals surface area contributed by atoms with Gasteiger partial charge in [-0.15, -0.1) is 0 Å². The Bertz CT molecular complexity index is 1330. The molecule has 0 bridgehead atoms. The van der Waals surface area contributed by atoms with E-state index in [0.29, 0.717) is 41.6 Å². The molecule has 0 aliphatic heterocycles. The highest BCUT2D eigenvalue weighted by atomic mass is 16.6. The lowest BCUT2D eigenvalue weighted by atomic mass is 9.32. The second kappa shape index (κ2) is 12.1. The van der Waals surface area contributed by atoms with Crippen LogP contribution in [-0.2, 0) is 25.6 Å². The first kappa shape index (κ1) is 33.7. The minimum Gasteiger partial charge on any atom is -0.465 e. The number of carbonyl (C=O) groups is 2. The molecule has 0 aromatic heterocycles. The standard InChI is InChI=1S/C41H61NO4/c1-27(2)31-16-21-41(25-42-24-30-12-10-9-11-13-30)23-22-39(7)32(36(31)41)14-15-34-37(5)19-18-35(46-29(4)44)38(6,26-45-28(3)43)33(37)17-20-40(34,39)8/h9-13,31-36,42H,1,14-26H2,2-8H3/t31?,32?,33?,34?,35-,36?,37-,38-,39+,40+,41+/m0/s1. The van der Waals surface area contributed by atoms with Crippen molar-refractivity contribution < 1.29 is 19.1 Å². The van der Waals surface area contributed by atoms with Crippen molar-refractivity contribution in [3.8, 4) is 0 Å². The van der Waals surface area contributed by atoms with Crippen LogP contribution < -0.4 is 5.32 Å². The molecule has 0 amide bonds. The Balaban J connectivity index is 1.30. The summed E-state index contributed by atoms with van der Waals surface area (Å²) in [4.78, 5) is 24.3. The van der Waals surface area contributed by atoms with Crippen LogP contribution in [0.15, 0.2) is 42.5 Å². The molecule has 5 aliphatic rings. The molecule has 46 heavy (non-hydrogen) atoms. The summed E-state index contributed by atoms with van der Waals surface area (Å²) >= 11 is 0. The van der Waals surface area contributed by atoms with Crippen LogP contribution in [0.4, 0.5) is 0 Å². The zero-order valence-corrected chi connectivity index (χ0v) is 29.9. The number of benzene rings is 1. The fourth-order valence-electron chi connectivity index (χ4n) is 13.3. The predicted molar refractivity (Wildman–Crippen MR) is 184 cm³/mol. The summed E-state index contributed by atoms with van der Waals surface area (Å²) in [6.45, 7) is 22.5. The van der Waals surface area contributed by atoms with Crippen molar-refractivity contribution in [2.45, 2.75) is 125 Å². The van der Waals surface area contributed by atoms with Gasteiger partial charge in [-0.3, -0.25) is 9.59 Å². The minimum absolute atomic E-state index is 0.113. The van der Waals surface area contributed by atoms with Gasteiger partial charge in [-0.1, -0.05) is 70.2 Å². The average Bonchev–Trinajstić information content (AvgIpc) is 3.39. The highest BCUT2D eigenvalue weighted by molar-refractivity contribution is 5.66. The van der Waals surface area contributed by atoms with E-state index in [1.54, 1.807) is 0 Å². The van der Waals surface area contributed by atoms with Crippen LogP contribution in [0.2, 0.25) is 0 Å². The summed E-state index contributed by atoms with van der Waals surface area (Å²) in [6.07, 6.45) is 11.7. The predicted octanol–water partition coefficient (Wildman–Crippen LogP) is 8.91. The van der Waals surface area contributed by atoms with Gasteiger partial charge in [0.25, 0.3) is 0 Å². The van der Waals surface area contributed by atoms with E-state index in [2.05, 4.69) is 76.8 Å². The van der Waals surface area contributed by atoms with E-state index in [-0.39, 0.29) is 39.7 Å². The highest BCUT2D eigenvalue weighted by Gasteiger charge is 2.71. The number of allylic oxidation sites excluding steroid dienone is 1. The van der Waals surface area contributed by atoms with E-state index in [4.69, 9.17) is 9.47 Å². The summed E-state index contributed by atoms with van der Waals surface area (Å²) in [6, 6.07) is 10.9. The molecule has 1 aromatic rings. The van der Waals surface area contributed by atoms with Crippen molar-refractivity contribution in [3.05, 3.63) is 48.0 Å². The van der Waals surface area contributed by atoms with Crippen LogP contribution in [0.3, 0.4) is 0 Å². The Morgan fingerprint density at radius 3 is 2.24 bits per heavy atom. The van der Waals surface area contributed by atoms with Crippen LogP contribution in [-0.4, -0.2) is 31.2 Å². The van der Waals surface area contributed by atoms with E-state index < -0.39 is 0 Å². The van der Waals surface area contributed by atoms with Gasteiger partial charge in [0, 0.05) is 32.4 Å². The zero-order chi connectivity index (χ0) is 33.1. The molecule has 0 heterocycles. The van der Waals surface area contributed by atoms with Gasteiger partial charge in [-0.05, 0) is 128 Å². The van der Waals surface area contributed by atoms with Crippen LogP contribution in [0, 0.1) is 56.7 Å². The molecule has 1 aromatic carbocycles. The second-order valence-corrected chi connectivity index (χ2v) is 17.6. The second-order valence-electron chi connectivity index (χ2n) is 17.6. The maximum Gasteiger partial charge on any atom is 0.302 e. The number of ether oxygens (including phenoxy) is 2. The Morgan fingerprint density at radius 2 is 1.57 bits per heavy atom. The molecule has 1 N–H and O–H groups in total. The molecular formula is C41H61NO4. The lowest BCUT2D eigenvalue weighted by Gasteiger charge is -2.73. The molecular weight excluding hydrogens is 570 g/mol. The summed E-state index contributed by atoms with van der Waals surface area (Å²) in [5.74, 6) is 2.46.